The monoisotopic (exact) mass is 324 g/mol. The first-order chi connectivity index (χ1) is 12.3. The van der Waals surface area contributed by atoms with Crippen LogP contribution in [0.2, 0.25) is 0 Å². The number of benzene rings is 2. The third kappa shape index (κ3) is 2.58. The summed E-state index contributed by atoms with van der Waals surface area (Å²) in [6, 6.07) is 5.80. The molecule has 25 heavy (non-hydrogen) atoms. The molecule has 0 atom stereocenters. The molecule has 0 aliphatic heterocycles. The van der Waals surface area contributed by atoms with Crippen molar-refractivity contribution in [1.29, 1.82) is 0 Å². The van der Waals surface area contributed by atoms with E-state index in [1.165, 1.54) is 6.08 Å². The SMILES string of the molecule is C=CC(=O)Oc1cccc2c3c(c4c(c12)C=CC=CC=4)=CC=CC=C3. The Kier molecular flexibility index (Phi) is 3.79. The van der Waals surface area contributed by atoms with Gasteiger partial charge in [0.05, 0.1) is 0 Å². The lowest BCUT2D eigenvalue weighted by Crippen LogP contribution is -2.30. The fourth-order valence-electron chi connectivity index (χ4n) is 3.29. The minimum absolute atomic E-state index is 0.459. The summed E-state index contributed by atoms with van der Waals surface area (Å²) in [5, 5.41) is 4.27. The summed E-state index contributed by atoms with van der Waals surface area (Å²) in [6.45, 7) is 3.49. The number of esters is 1. The molecule has 0 saturated carbocycles. The molecule has 0 fully saturated rings. The van der Waals surface area contributed by atoms with Crippen LogP contribution >= 0.6 is 0 Å². The summed E-state index contributed by atoms with van der Waals surface area (Å²) in [4.78, 5) is 11.8. The van der Waals surface area contributed by atoms with Crippen molar-refractivity contribution in [2.45, 2.75) is 0 Å². The topological polar surface area (TPSA) is 26.3 Å². The zero-order chi connectivity index (χ0) is 17.2. The standard InChI is InChI=1S/C23H16O2/c1-2-22(24)25-21-15-9-14-20-18-12-6-3-5-10-16(18)17-11-7-4-8-13-19(17)23(20)21/h2-15H,1H2. The maximum absolute atomic E-state index is 11.8. The summed E-state index contributed by atoms with van der Waals surface area (Å²) >= 11 is 0. The van der Waals surface area contributed by atoms with Crippen LogP contribution in [0.3, 0.4) is 0 Å². The minimum Gasteiger partial charge on any atom is -0.423 e. The van der Waals surface area contributed by atoms with Crippen LogP contribution in [0.5, 0.6) is 5.75 Å². The van der Waals surface area contributed by atoms with Crippen molar-refractivity contribution < 1.29 is 9.53 Å². The van der Waals surface area contributed by atoms with E-state index in [1.807, 2.05) is 48.6 Å². The lowest BCUT2D eigenvalue weighted by molar-refractivity contribution is -0.128. The Morgan fingerprint density at radius 3 is 2.28 bits per heavy atom. The van der Waals surface area contributed by atoms with Crippen LogP contribution in [0.15, 0.2) is 67.3 Å². The van der Waals surface area contributed by atoms with Crippen LogP contribution in [0.1, 0.15) is 11.1 Å². The van der Waals surface area contributed by atoms with E-state index in [0.717, 1.165) is 32.3 Å². The molecule has 2 aromatic rings. The predicted octanol–water partition coefficient (Wildman–Crippen LogP) is 3.66. The van der Waals surface area contributed by atoms with E-state index in [9.17, 15) is 4.79 Å². The number of carbonyl (C=O) groups is 1. The van der Waals surface area contributed by atoms with Gasteiger partial charge in [0.2, 0.25) is 0 Å². The van der Waals surface area contributed by atoms with Crippen molar-refractivity contribution in [1.82, 2.24) is 0 Å². The van der Waals surface area contributed by atoms with Gasteiger partial charge in [0.25, 0.3) is 0 Å². The Balaban J connectivity index is 2.21. The predicted molar refractivity (Wildman–Crippen MR) is 104 cm³/mol. The average Bonchev–Trinajstić information content (AvgIpc) is 3.02. The molecule has 2 heteroatoms. The molecule has 0 saturated heterocycles. The number of hydrogen-bond donors (Lipinski definition) is 0. The van der Waals surface area contributed by atoms with Gasteiger partial charge in [-0.05, 0) is 33.0 Å². The first-order valence-corrected chi connectivity index (χ1v) is 8.12. The van der Waals surface area contributed by atoms with Crippen LogP contribution in [-0.4, -0.2) is 5.97 Å². The van der Waals surface area contributed by atoms with Crippen LogP contribution in [0.4, 0.5) is 0 Å². The third-order valence-electron chi connectivity index (χ3n) is 4.33. The molecule has 0 bridgehead atoms. The van der Waals surface area contributed by atoms with Crippen molar-refractivity contribution in [2.24, 2.45) is 0 Å². The van der Waals surface area contributed by atoms with E-state index >= 15 is 0 Å². The Labute approximate surface area is 145 Å². The Morgan fingerprint density at radius 2 is 1.56 bits per heavy atom. The third-order valence-corrected chi connectivity index (χ3v) is 4.33. The number of rotatable bonds is 2. The van der Waals surface area contributed by atoms with Crippen molar-refractivity contribution in [2.75, 3.05) is 0 Å². The average molecular weight is 324 g/mol. The molecule has 2 aromatic carbocycles. The van der Waals surface area contributed by atoms with Gasteiger partial charge < -0.3 is 4.74 Å². The summed E-state index contributed by atoms with van der Waals surface area (Å²) in [6.07, 6.45) is 21.7. The van der Waals surface area contributed by atoms with Gasteiger partial charge in [0.15, 0.2) is 0 Å². The maximum atomic E-state index is 11.8. The highest BCUT2D eigenvalue weighted by atomic mass is 16.5. The molecule has 2 aliphatic rings. The Morgan fingerprint density at radius 1 is 0.880 bits per heavy atom. The second kappa shape index (κ2) is 6.25. The van der Waals surface area contributed by atoms with Gasteiger partial charge in [-0.15, -0.1) is 0 Å². The van der Waals surface area contributed by atoms with Gasteiger partial charge in [-0.2, -0.15) is 0 Å². The molecule has 2 nitrogen and oxygen atoms in total. The molecule has 0 N–H and O–H groups in total. The smallest absolute Gasteiger partial charge is 0.335 e. The maximum Gasteiger partial charge on any atom is 0.335 e. The second-order valence-electron chi connectivity index (χ2n) is 5.78. The van der Waals surface area contributed by atoms with Gasteiger partial charge >= 0.3 is 5.97 Å². The molecular weight excluding hydrogens is 308 g/mol. The zero-order valence-electron chi connectivity index (χ0n) is 13.6. The number of fused-ring (bicyclic) bond motifs is 6. The quantitative estimate of drug-likeness (QED) is 0.479. The van der Waals surface area contributed by atoms with Gasteiger partial charge in [-0.1, -0.05) is 79.5 Å². The van der Waals surface area contributed by atoms with Gasteiger partial charge in [0, 0.05) is 11.5 Å². The zero-order valence-corrected chi connectivity index (χ0v) is 13.6. The highest BCUT2D eigenvalue weighted by Crippen LogP contribution is 2.30. The van der Waals surface area contributed by atoms with E-state index in [0.29, 0.717) is 5.75 Å². The van der Waals surface area contributed by atoms with Gasteiger partial charge in [0.1, 0.15) is 5.75 Å². The summed E-state index contributed by atoms with van der Waals surface area (Å²) in [5.41, 5.74) is 2.17. The summed E-state index contributed by atoms with van der Waals surface area (Å²) in [7, 11) is 0. The van der Waals surface area contributed by atoms with Crippen LogP contribution in [-0.2, 0) is 4.79 Å². The van der Waals surface area contributed by atoms with E-state index < -0.39 is 5.97 Å². The summed E-state index contributed by atoms with van der Waals surface area (Å²) in [5.74, 6) is 0.0895. The molecule has 4 rings (SSSR count). The number of allylic oxidation sites excluding steroid dienone is 6. The highest BCUT2D eigenvalue weighted by molar-refractivity contribution is 6.03. The molecule has 2 aliphatic carbocycles. The van der Waals surface area contributed by atoms with Crippen molar-refractivity contribution >= 4 is 41.0 Å². The normalized spacial score (nSPS) is 13.9. The summed E-state index contributed by atoms with van der Waals surface area (Å²) < 4.78 is 5.53. The number of ether oxygens (including phenoxy) is 1. The fraction of sp³-hybridized carbons (Fsp3) is 0. The largest absolute Gasteiger partial charge is 0.423 e. The van der Waals surface area contributed by atoms with Gasteiger partial charge in [-0.3, -0.25) is 0 Å². The minimum atomic E-state index is -0.459. The van der Waals surface area contributed by atoms with E-state index in [2.05, 4.69) is 36.9 Å². The van der Waals surface area contributed by atoms with Crippen LogP contribution < -0.4 is 15.2 Å². The first kappa shape index (κ1) is 15.2. The molecule has 0 amide bonds. The molecule has 0 spiro atoms. The Hall–Kier alpha value is -3.39. The van der Waals surface area contributed by atoms with Crippen LogP contribution in [0, 0.1) is 0 Å². The lowest BCUT2D eigenvalue weighted by Gasteiger charge is -2.13. The lowest BCUT2D eigenvalue weighted by atomic mass is 9.93. The van der Waals surface area contributed by atoms with Crippen molar-refractivity contribution in [3.8, 4) is 5.75 Å². The number of carbonyl (C=O) groups excluding carboxylic acids is 1. The van der Waals surface area contributed by atoms with Crippen molar-refractivity contribution in [3.05, 3.63) is 88.9 Å². The fourth-order valence-corrected chi connectivity index (χ4v) is 3.29. The molecule has 0 unspecified atom stereocenters. The molecule has 0 radical (unpaired) electrons. The van der Waals surface area contributed by atoms with E-state index in [1.54, 1.807) is 0 Å². The van der Waals surface area contributed by atoms with E-state index in [4.69, 9.17) is 4.74 Å². The molecule has 120 valence electrons. The second-order valence-corrected chi connectivity index (χ2v) is 5.78. The molecule has 0 aromatic heterocycles. The first-order valence-electron chi connectivity index (χ1n) is 8.12. The van der Waals surface area contributed by atoms with Crippen molar-refractivity contribution in [3.63, 3.8) is 0 Å². The number of hydrogen-bond acceptors (Lipinski definition) is 2. The molecular formula is C23H16O2. The van der Waals surface area contributed by atoms with E-state index in [-0.39, 0.29) is 0 Å². The Bertz CT molecular complexity index is 1140. The molecule has 0 heterocycles. The van der Waals surface area contributed by atoms with Gasteiger partial charge in [-0.25, -0.2) is 4.79 Å². The highest BCUT2D eigenvalue weighted by Gasteiger charge is 2.15. The van der Waals surface area contributed by atoms with Crippen LogP contribution in [0.25, 0.3) is 35.1 Å².